The van der Waals surface area contributed by atoms with Crippen molar-refractivity contribution in [2.45, 2.75) is 95.6 Å². The van der Waals surface area contributed by atoms with Crippen molar-refractivity contribution in [1.29, 1.82) is 0 Å². The zero-order valence-corrected chi connectivity index (χ0v) is 28.9. The molecule has 0 spiro atoms. The number of aromatic nitrogens is 8. The minimum atomic E-state index is -0.203. The molecule has 14 nitrogen and oxygen atoms in total. The molecule has 5 heterocycles. The van der Waals surface area contributed by atoms with Crippen LogP contribution in [-0.4, -0.2) is 102 Å². The van der Waals surface area contributed by atoms with Gasteiger partial charge in [-0.1, -0.05) is 17.7 Å². The fourth-order valence-electron chi connectivity index (χ4n) is 7.32. The quantitative estimate of drug-likeness (QED) is 0.161. The van der Waals surface area contributed by atoms with Gasteiger partial charge in [0.25, 0.3) is 5.88 Å². The van der Waals surface area contributed by atoms with Gasteiger partial charge in [0.1, 0.15) is 23.9 Å². The van der Waals surface area contributed by atoms with Gasteiger partial charge in [-0.3, -0.25) is 9.58 Å². The van der Waals surface area contributed by atoms with E-state index in [1.807, 2.05) is 38.2 Å². The molecule has 2 saturated heterocycles. The number of anilines is 2. The minimum absolute atomic E-state index is 0.203. The molecule has 1 N–H and O–H groups in total. The summed E-state index contributed by atoms with van der Waals surface area (Å²) in [5.74, 6) is 1.56. The van der Waals surface area contributed by atoms with Gasteiger partial charge in [-0.25, -0.2) is 14.6 Å². The molecule has 2 bridgehead atoms. The summed E-state index contributed by atoms with van der Waals surface area (Å²) in [6.45, 7) is 8.03. The lowest BCUT2D eigenvalue weighted by atomic mass is 9.89. The zero-order chi connectivity index (χ0) is 33.6. The van der Waals surface area contributed by atoms with Gasteiger partial charge in [0.05, 0.1) is 43.6 Å². The molecule has 3 fully saturated rings. The van der Waals surface area contributed by atoms with Crippen LogP contribution < -0.4 is 14.8 Å². The number of morpholine rings is 1. The largest absolute Gasteiger partial charge is 0.487 e. The van der Waals surface area contributed by atoms with Crippen LogP contribution in [0.4, 0.5) is 11.6 Å². The summed E-state index contributed by atoms with van der Waals surface area (Å²) in [6.07, 6.45) is 14.8. The first-order chi connectivity index (χ1) is 24.0. The number of fused-ring (bicyclic) bond motifs is 2. The van der Waals surface area contributed by atoms with Crippen LogP contribution in [0.15, 0.2) is 43.1 Å². The maximum atomic E-state index is 6.47. The van der Waals surface area contributed by atoms with Gasteiger partial charge in [-0.2, -0.15) is 0 Å². The highest BCUT2D eigenvalue weighted by Gasteiger charge is 2.42. The molecule has 0 amide bonds. The molecule has 1 aromatic carbocycles. The Morgan fingerprint density at radius 1 is 0.980 bits per heavy atom. The molecular formula is C34H45ClN10O4. The highest BCUT2D eigenvalue weighted by atomic mass is 35.5. The molecule has 1 saturated carbocycles. The van der Waals surface area contributed by atoms with Crippen LogP contribution in [0.5, 0.6) is 11.6 Å². The van der Waals surface area contributed by atoms with Crippen molar-refractivity contribution in [3.63, 3.8) is 0 Å². The first-order valence-electron chi connectivity index (χ1n) is 17.4. The van der Waals surface area contributed by atoms with Crippen LogP contribution in [0.2, 0.25) is 5.02 Å². The first-order valence-corrected chi connectivity index (χ1v) is 17.8. The van der Waals surface area contributed by atoms with Crippen molar-refractivity contribution in [2.24, 2.45) is 0 Å². The molecule has 7 rings (SSSR count). The fourth-order valence-corrected chi connectivity index (χ4v) is 7.48. The number of benzene rings is 1. The van der Waals surface area contributed by atoms with E-state index in [1.54, 1.807) is 23.4 Å². The lowest BCUT2D eigenvalue weighted by Crippen LogP contribution is -2.52. The van der Waals surface area contributed by atoms with Gasteiger partial charge in [0, 0.05) is 55.7 Å². The summed E-state index contributed by atoms with van der Waals surface area (Å²) in [6, 6.07) is 7.76. The van der Waals surface area contributed by atoms with E-state index in [0.717, 1.165) is 49.3 Å². The molecule has 15 heteroatoms. The zero-order valence-electron chi connectivity index (χ0n) is 28.2. The first kappa shape index (κ1) is 33.6. The Balaban J connectivity index is 1.01. The predicted molar refractivity (Wildman–Crippen MR) is 183 cm³/mol. The molecule has 3 aromatic heterocycles. The number of halogens is 1. The second kappa shape index (κ2) is 15.8. The van der Waals surface area contributed by atoms with Crippen molar-refractivity contribution in [3.05, 3.63) is 48.1 Å². The van der Waals surface area contributed by atoms with Gasteiger partial charge in [-0.05, 0) is 80.5 Å². The van der Waals surface area contributed by atoms with Crippen molar-refractivity contribution in [3.8, 4) is 22.8 Å². The normalized spacial score (nSPS) is 23.0. The Bertz CT molecular complexity index is 1610. The third-order valence-corrected chi connectivity index (χ3v) is 9.97. The Morgan fingerprint density at radius 2 is 1.73 bits per heavy atom. The minimum Gasteiger partial charge on any atom is -0.487 e. The van der Waals surface area contributed by atoms with Crippen LogP contribution in [-0.2, 0) is 16.0 Å². The van der Waals surface area contributed by atoms with Gasteiger partial charge >= 0.3 is 0 Å². The number of nitrogens with zero attached hydrogens (tertiary/aromatic N) is 9. The van der Waals surface area contributed by atoms with Gasteiger partial charge in [0.15, 0.2) is 0 Å². The highest BCUT2D eigenvalue weighted by molar-refractivity contribution is 6.32. The topological polar surface area (TPSA) is 139 Å². The average molecular weight is 693 g/mol. The van der Waals surface area contributed by atoms with Crippen molar-refractivity contribution in [1.82, 2.24) is 44.9 Å². The third kappa shape index (κ3) is 8.14. The third-order valence-electron chi connectivity index (χ3n) is 9.66. The van der Waals surface area contributed by atoms with E-state index < -0.39 is 0 Å². The van der Waals surface area contributed by atoms with E-state index in [1.165, 1.54) is 25.7 Å². The van der Waals surface area contributed by atoms with E-state index >= 15 is 0 Å². The van der Waals surface area contributed by atoms with E-state index in [2.05, 4.69) is 40.4 Å². The molecule has 2 aliphatic heterocycles. The van der Waals surface area contributed by atoms with E-state index in [9.17, 15) is 0 Å². The van der Waals surface area contributed by atoms with Gasteiger partial charge < -0.3 is 24.3 Å². The van der Waals surface area contributed by atoms with Crippen LogP contribution in [0, 0.1) is 0 Å². The summed E-state index contributed by atoms with van der Waals surface area (Å²) in [5.41, 5.74) is 2.46. The van der Waals surface area contributed by atoms with E-state index in [0.29, 0.717) is 73.1 Å². The average Bonchev–Trinajstić information content (AvgIpc) is 3.84. The Kier molecular flexibility index (Phi) is 10.8. The Morgan fingerprint density at radius 3 is 2.47 bits per heavy atom. The fraction of sp³-hybridized carbons (Fsp3) is 0.588. The summed E-state index contributed by atoms with van der Waals surface area (Å²) in [4.78, 5) is 12.0. The summed E-state index contributed by atoms with van der Waals surface area (Å²) >= 11 is 6.47. The monoisotopic (exact) mass is 692 g/mol. The summed E-state index contributed by atoms with van der Waals surface area (Å²) in [5, 5.41) is 20.0. The van der Waals surface area contributed by atoms with Crippen LogP contribution in [0.25, 0.3) is 11.1 Å². The molecule has 262 valence electrons. The molecule has 49 heavy (non-hydrogen) atoms. The van der Waals surface area contributed by atoms with Crippen LogP contribution in [0.3, 0.4) is 0 Å². The van der Waals surface area contributed by atoms with E-state index in [-0.39, 0.29) is 6.10 Å². The maximum absolute atomic E-state index is 6.47. The van der Waals surface area contributed by atoms with Crippen LogP contribution >= 0.6 is 11.6 Å². The Labute approximate surface area is 291 Å². The standard InChI is InChI=1S/C34H45ClN10O4/c1-3-46-13-4-14-48-33-31(19-44(40-33)26-6-8-27(9-7-26)45-28-10-11-29(45)21-47-20-28)39-34-36-16-25(17-37-34)24-5-12-30(35)32(15-24)49-23(2)18-43-22-38-41-42-43/h5,12,15-17,19,22-23,26-29H,3-4,6-11,13-14,18,20-21H2,1-2H3,(H,36,37,39)/t23?,26?,27?,28-,29+. The summed E-state index contributed by atoms with van der Waals surface area (Å²) < 4.78 is 27.3. The SMILES string of the molecule is CCOCCCOc1nn(C2CCC(N3[C@@H]4CC[C@H]3COC4)CC2)cc1Nc1ncc(-c2ccc(Cl)c(OC(C)Cn3cnnn3)c2)cn1. The van der Waals surface area contributed by atoms with Crippen molar-refractivity contribution in [2.75, 3.05) is 38.4 Å². The number of tetrazole rings is 1. The van der Waals surface area contributed by atoms with Crippen molar-refractivity contribution >= 4 is 23.2 Å². The lowest BCUT2D eigenvalue weighted by Gasteiger charge is -2.43. The number of hydrogen-bond donors (Lipinski definition) is 1. The number of nitrogens with one attached hydrogen (secondary N) is 1. The second-order valence-corrected chi connectivity index (χ2v) is 13.5. The predicted octanol–water partition coefficient (Wildman–Crippen LogP) is 5.34. The second-order valence-electron chi connectivity index (χ2n) is 13.1. The van der Waals surface area contributed by atoms with Gasteiger partial charge in [0.2, 0.25) is 5.95 Å². The molecule has 0 radical (unpaired) electrons. The van der Waals surface area contributed by atoms with E-state index in [4.69, 9.17) is 35.6 Å². The maximum Gasteiger partial charge on any atom is 0.256 e. The molecule has 4 aromatic rings. The molecule has 3 aliphatic rings. The molecule has 1 unspecified atom stereocenters. The van der Waals surface area contributed by atoms with Gasteiger partial charge in [-0.15, -0.1) is 10.2 Å². The molecule has 1 aliphatic carbocycles. The van der Waals surface area contributed by atoms with Crippen molar-refractivity contribution < 1.29 is 18.9 Å². The Hall–Kier alpha value is -3.85. The lowest BCUT2D eigenvalue weighted by molar-refractivity contribution is -0.0458. The number of ether oxygens (including phenoxy) is 4. The molecular weight excluding hydrogens is 648 g/mol. The number of hydrogen-bond acceptors (Lipinski definition) is 12. The number of rotatable bonds is 15. The smallest absolute Gasteiger partial charge is 0.256 e. The summed E-state index contributed by atoms with van der Waals surface area (Å²) in [7, 11) is 0. The molecule has 3 atom stereocenters. The highest BCUT2D eigenvalue weighted by Crippen LogP contribution is 2.39. The van der Waals surface area contributed by atoms with Crippen LogP contribution in [0.1, 0.15) is 64.8 Å².